The topological polar surface area (TPSA) is 71.0 Å². The number of rotatable bonds is 3. The summed E-state index contributed by atoms with van der Waals surface area (Å²) < 4.78 is 29.1. The minimum absolute atomic E-state index is 0.152. The Kier molecular flexibility index (Phi) is 3.49. The lowest BCUT2D eigenvalue weighted by Crippen LogP contribution is -2.18. The van der Waals surface area contributed by atoms with Crippen LogP contribution in [0.25, 0.3) is 11.1 Å². The lowest BCUT2D eigenvalue weighted by Gasteiger charge is -2.05. The number of nitrogens with zero attached hydrogens (tertiary/aromatic N) is 4. The highest BCUT2D eigenvalue weighted by molar-refractivity contribution is 6.48. The van der Waals surface area contributed by atoms with Crippen LogP contribution in [-0.2, 0) is 0 Å². The highest BCUT2D eigenvalue weighted by Crippen LogP contribution is 2.48. The van der Waals surface area contributed by atoms with Crippen LogP contribution >= 0.6 is 0 Å². The summed E-state index contributed by atoms with van der Waals surface area (Å²) in [6, 6.07) is 11.9. The van der Waals surface area contributed by atoms with E-state index in [-0.39, 0.29) is 23.0 Å². The summed E-state index contributed by atoms with van der Waals surface area (Å²) in [4.78, 5) is 17.3. The van der Waals surface area contributed by atoms with Crippen molar-refractivity contribution in [3.8, 4) is 17.2 Å². The average molecular weight is 374 g/mol. The fourth-order valence-electron chi connectivity index (χ4n) is 3.41. The zero-order valence-electron chi connectivity index (χ0n) is 14.5. The third-order valence-electron chi connectivity index (χ3n) is 4.95. The van der Waals surface area contributed by atoms with Gasteiger partial charge in [-0.15, -0.1) is 0 Å². The van der Waals surface area contributed by atoms with Gasteiger partial charge in [0.2, 0.25) is 0 Å². The van der Waals surface area contributed by atoms with Crippen LogP contribution in [-0.4, -0.2) is 21.4 Å². The van der Waals surface area contributed by atoms with E-state index < -0.39 is 17.5 Å². The largest absolute Gasteiger partial charge is 0.299 e. The molecule has 0 amide bonds. The van der Waals surface area contributed by atoms with Crippen LogP contribution < -0.4 is 0 Å². The van der Waals surface area contributed by atoms with Gasteiger partial charge >= 0.3 is 0 Å². The molecule has 0 N–H and O–H groups in total. The first-order chi connectivity index (χ1) is 13.6. The van der Waals surface area contributed by atoms with Gasteiger partial charge in [-0.2, -0.15) is 15.0 Å². The molecule has 1 saturated carbocycles. The fourth-order valence-corrected chi connectivity index (χ4v) is 3.41. The van der Waals surface area contributed by atoms with Crippen molar-refractivity contribution in [2.75, 3.05) is 0 Å². The van der Waals surface area contributed by atoms with Gasteiger partial charge in [0, 0.05) is 23.1 Å². The lowest BCUT2D eigenvalue weighted by molar-refractivity contribution is 0.0984. The van der Waals surface area contributed by atoms with Crippen molar-refractivity contribution in [2.24, 2.45) is 4.99 Å². The predicted molar refractivity (Wildman–Crippen MR) is 97.5 cm³/mol. The van der Waals surface area contributed by atoms with E-state index in [2.05, 4.69) is 10.1 Å². The molecule has 3 aromatic rings. The molecule has 5 rings (SSSR count). The number of aromatic nitrogens is 2. The van der Waals surface area contributed by atoms with Crippen molar-refractivity contribution in [3.63, 3.8) is 0 Å². The Hall–Kier alpha value is -3.66. The summed E-state index contributed by atoms with van der Waals surface area (Å²) in [5, 5.41) is 13.4. The molecule has 0 spiro atoms. The molecule has 1 aromatic heterocycles. The molecular weight excluding hydrogens is 362 g/mol. The monoisotopic (exact) mass is 374 g/mol. The normalized spacial score (nSPS) is 15.3. The Bertz CT molecular complexity index is 1210. The van der Waals surface area contributed by atoms with Crippen LogP contribution in [0, 0.1) is 23.0 Å². The van der Waals surface area contributed by atoms with E-state index in [4.69, 9.17) is 5.26 Å². The van der Waals surface area contributed by atoms with Crippen molar-refractivity contribution < 1.29 is 13.6 Å². The standard InChI is InChI=1S/C21H12F2N4O/c22-14-7-8-15(16(23)9-14)17-18(12-5-6-12)26-27-20(17)25-19(21(27)28)13-3-1-11(10-24)2-4-13/h1-4,7-9,12H,5-6H2. The summed E-state index contributed by atoms with van der Waals surface area (Å²) in [7, 11) is 0. The molecule has 0 bridgehead atoms. The van der Waals surface area contributed by atoms with Crippen LogP contribution in [0.2, 0.25) is 0 Å². The van der Waals surface area contributed by atoms with Gasteiger partial charge in [-0.1, -0.05) is 12.1 Å². The molecule has 0 radical (unpaired) electrons. The average Bonchev–Trinajstić information content (AvgIpc) is 3.40. The summed E-state index contributed by atoms with van der Waals surface area (Å²) in [5.41, 5.74) is 2.44. The summed E-state index contributed by atoms with van der Waals surface area (Å²) in [5.74, 6) is -1.38. The third kappa shape index (κ3) is 2.46. The molecule has 0 unspecified atom stereocenters. The Morgan fingerprint density at radius 1 is 1.11 bits per heavy atom. The molecule has 2 aromatic carbocycles. The molecule has 28 heavy (non-hydrogen) atoms. The van der Waals surface area contributed by atoms with E-state index in [0.717, 1.165) is 18.9 Å². The van der Waals surface area contributed by atoms with Gasteiger partial charge in [-0.25, -0.2) is 13.8 Å². The van der Waals surface area contributed by atoms with Crippen molar-refractivity contribution in [3.05, 3.63) is 70.9 Å². The number of benzene rings is 2. The molecule has 0 atom stereocenters. The lowest BCUT2D eigenvalue weighted by atomic mass is 10.0. The zero-order valence-corrected chi connectivity index (χ0v) is 14.5. The Labute approximate surface area is 158 Å². The van der Waals surface area contributed by atoms with Gasteiger partial charge < -0.3 is 0 Å². The maximum Gasteiger partial charge on any atom is 0.299 e. The number of carbonyl (C=O) groups excluding carboxylic acids is 1. The van der Waals surface area contributed by atoms with Crippen molar-refractivity contribution in [1.82, 2.24) is 9.78 Å². The summed E-state index contributed by atoms with van der Waals surface area (Å²) in [6.07, 6.45) is 1.82. The number of aliphatic imine (C=N–C) groups is 1. The summed E-state index contributed by atoms with van der Waals surface area (Å²) >= 11 is 0. The van der Waals surface area contributed by atoms with Gasteiger partial charge in [0.1, 0.15) is 17.3 Å². The molecule has 136 valence electrons. The SMILES string of the molecule is N#Cc1ccc(C2=Nc3c(-c4ccc(F)cc4F)c(C4CC4)nn3C2=O)cc1. The highest BCUT2D eigenvalue weighted by Gasteiger charge is 2.38. The van der Waals surface area contributed by atoms with Gasteiger partial charge in [0.15, 0.2) is 5.82 Å². The van der Waals surface area contributed by atoms with Crippen molar-refractivity contribution >= 4 is 17.4 Å². The number of fused-ring (bicyclic) bond motifs is 1. The zero-order chi connectivity index (χ0) is 19.4. The fraction of sp³-hybridized carbons (Fsp3) is 0.143. The van der Waals surface area contributed by atoms with Gasteiger partial charge in [0.25, 0.3) is 5.91 Å². The number of halogens is 2. The Morgan fingerprint density at radius 2 is 1.86 bits per heavy atom. The van der Waals surface area contributed by atoms with Crippen LogP contribution in [0.1, 0.15) is 40.4 Å². The Morgan fingerprint density at radius 3 is 2.50 bits per heavy atom. The van der Waals surface area contributed by atoms with Gasteiger partial charge in [-0.3, -0.25) is 4.79 Å². The van der Waals surface area contributed by atoms with Crippen molar-refractivity contribution in [1.29, 1.82) is 5.26 Å². The second-order valence-corrected chi connectivity index (χ2v) is 6.85. The number of hydrogen-bond acceptors (Lipinski definition) is 4. The van der Waals surface area contributed by atoms with Crippen LogP contribution in [0.4, 0.5) is 14.6 Å². The van der Waals surface area contributed by atoms with Gasteiger partial charge in [0.05, 0.1) is 22.9 Å². The van der Waals surface area contributed by atoms with Crippen LogP contribution in [0.3, 0.4) is 0 Å². The molecule has 5 nitrogen and oxygen atoms in total. The molecule has 7 heteroatoms. The van der Waals surface area contributed by atoms with Crippen LogP contribution in [0.5, 0.6) is 0 Å². The van der Waals surface area contributed by atoms with E-state index in [1.807, 2.05) is 6.07 Å². The minimum Gasteiger partial charge on any atom is -0.265 e. The van der Waals surface area contributed by atoms with E-state index in [1.165, 1.54) is 16.8 Å². The molecule has 0 saturated heterocycles. The third-order valence-corrected chi connectivity index (χ3v) is 4.95. The maximum absolute atomic E-state index is 14.5. The molecular formula is C21H12F2N4O. The maximum atomic E-state index is 14.5. The first-order valence-corrected chi connectivity index (χ1v) is 8.79. The quantitative estimate of drug-likeness (QED) is 0.684. The first-order valence-electron chi connectivity index (χ1n) is 8.79. The Balaban J connectivity index is 1.68. The number of nitriles is 1. The minimum atomic E-state index is -0.716. The van der Waals surface area contributed by atoms with Crippen molar-refractivity contribution in [2.45, 2.75) is 18.8 Å². The highest BCUT2D eigenvalue weighted by atomic mass is 19.1. The first kappa shape index (κ1) is 16.5. The number of hydrogen-bond donors (Lipinski definition) is 0. The molecule has 1 fully saturated rings. The number of carbonyl (C=O) groups is 1. The molecule has 1 aliphatic heterocycles. The molecule has 1 aliphatic carbocycles. The van der Waals surface area contributed by atoms with E-state index in [0.29, 0.717) is 22.4 Å². The molecule has 2 heterocycles. The van der Waals surface area contributed by atoms with E-state index in [1.54, 1.807) is 24.3 Å². The second kappa shape index (κ2) is 5.92. The van der Waals surface area contributed by atoms with Crippen LogP contribution in [0.15, 0.2) is 47.5 Å². The second-order valence-electron chi connectivity index (χ2n) is 6.85. The van der Waals surface area contributed by atoms with E-state index >= 15 is 0 Å². The van der Waals surface area contributed by atoms with Gasteiger partial charge in [-0.05, 0) is 37.1 Å². The smallest absolute Gasteiger partial charge is 0.265 e. The predicted octanol–water partition coefficient (Wildman–Crippen LogP) is 4.35. The summed E-state index contributed by atoms with van der Waals surface area (Å²) in [6.45, 7) is 0. The molecule has 2 aliphatic rings. The van der Waals surface area contributed by atoms with E-state index in [9.17, 15) is 13.6 Å².